The third-order valence-corrected chi connectivity index (χ3v) is 2.91. The normalized spacial score (nSPS) is 53.8. The Balaban J connectivity index is 2.18. The molecule has 0 aromatic carbocycles. The van der Waals surface area contributed by atoms with Crippen LogP contribution in [0.2, 0.25) is 0 Å². The second-order valence-corrected chi connectivity index (χ2v) is 4.41. The molecule has 1 saturated carbocycles. The molecule has 1 aliphatic heterocycles. The monoisotopic (exact) mass is 188 g/mol. The summed E-state index contributed by atoms with van der Waals surface area (Å²) in [5.74, 6) is -0.702. The van der Waals surface area contributed by atoms with Crippen molar-refractivity contribution in [2.75, 3.05) is 0 Å². The molecule has 13 heavy (non-hydrogen) atoms. The number of hydrogen-bond donors (Lipinski definition) is 2. The Hall–Kier alpha value is -0.160. The highest BCUT2D eigenvalue weighted by Gasteiger charge is 2.56. The molecule has 0 bridgehead atoms. The summed E-state index contributed by atoms with van der Waals surface area (Å²) in [6, 6.07) is 0. The number of hydrogen-bond acceptors (Lipinski definition) is 4. The van der Waals surface area contributed by atoms with Crippen molar-refractivity contribution in [2.24, 2.45) is 5.92 Å². The lowest BCUT2D eigenvalue weighted by Crippen LogP contribution is -2.35. The van der Waals surface area contributed by atoms with E-state index >= 15 is 0 Å². The number of aliphatic hydroxyl groups excluding tert-OH is 2. The SMILES string of the molecule is C[C@H]1[C@H](O)[C@H](O)[C@H]2OC(C)(C)O[C@@H]12. The Morgan fingerprint density at radius 3 is 2.08 bits per heavy atom. The summed E-state index contributed by atoms with van der Waals surface area (Å²) in [6.45, 7) is 5.50. The van der Waals surface area contributed by atoms with E-state index in [4.69, 9.17) is 9.47 Å². The number of fused-ring (bicyclic) bond motifs is 1. The Kier molecular flexibility index (Phi) is 1.93. The molecule has 4 nitrogen and oxygen atoms in total. The first-order valence-corrected chi connectivity index (χ1v) is 4.64. The molecule has 2 aliphatic rings. The van der Waals surface area contributed by atoms with Gasteiger partial charge in [0.05, 0.1) is 12.2 Å². The van der Waals surface area contributed by atoms with Gasteiger partial charge in [0.15, 0.2) is 5.79 Å². The highest BCUT2D eigenvalue weighted by Crippen LogP contribution is 2.41. The predicted octanol–water partition coefficient (Wildman–Crippen LogP) is -0.122. The van der Waals surface area contributed by atoms with E-state index in [-0.39, 0.29) is 18.1 Å². The van der Waals surface area contributed by atoms with Crippen LogP contribution in [-0.2, 0) is 9.47 Å². The average Bonchev–Trinajstić information content (AvgIpc) is 2.44. The number of aliphatic hydroxyl groups is 2. The Labute approximate surface area is 77.5 Å². The molecule has 1 aliphatic carbocycles. The van der Waals surface area contributed by atoms with Gasteiger partial charge >= 0.3 is 0 Å². The van der Waals surface area contributed by atoms with Crippen LogP contribution in [0.3, 0.4) is 0 Å². The quantitative estimate of drug-likeness (QED) is 0.556. The van der Waals surface area contributed by atoms with Gasteiger partial charge in [0.25, 0.3) is 0 Å². The molecule has 0 spiro atoms. The molecule has 1 saturated heterocycles. The van der Waals surface area contributed by atoms with Crippen LogP contribution in [0.4, 0.5) is 0 Å². The van der Waals surface area contributed by atoms with Crippen LogP contribution in [0.1, 0.15) is 20.8 Å². The summed E-state index contributed by atoms with van der Waals surface area (Å²) in [5, 5.41) is 19.1. The number of ether oxygens (including phenoxy) is 2. The van der Waals surface area contributed by atoms with Crippen molar-refractivity contribution in [2.45, 2.75) is 51.0 Å². The lowest BCUT2D eigenvalue weighted by Gasteiger charge is -2.23. The first-order valence-electron chi connectivity index (χ1n) is 4.64. The van der Waals surface area contributed by atoms with Crippen molar-refractivity contribution in [1.29, 1.82) is 0 Å². The second-order valence-electron chi connectivity index (χ2n) is 4.41. The van der Waals surface area contributed by atoms with E-state index in [1.807, 2.05) is 20.8 Å². The maximum absolute atomic E-state index is 9.62. The molecule has 2 rings (SSSR count). The standard InChI is InChI=1S/C9H16O4/c1-4-5(10)6(11)8-7(4)12-9(2,3)13-8/h4-8,10-11H,1-3H3/t4-,5-,6-,7-,8+/m0/s1. The minimum atomic E-state index is -0.818. The molecule has 4 heteroatoms. The summed E-state index contributed by atoms with van der Waals surface area (Å²) < 4.78 is 11.1. The first-order chi connectivity index (χ1) is 5.92. The van der Waals surface area contributed by atoms with Crippen LogP contribution >= 0.6 is 0 Å². The first kappa shape index (κ1) is 9.40. The van der Waals surface area contributed by atoms with Gasteiger partial charge in [-0.1, -0.05) is 6.92 Å². The van der Waals surface area contributed by atoms with Crippen LogP contribution in [0.25, 0.3) is 0 Å². The smallest absolute Gasteiger partial charge is 0.163 e. The Morgan fingerprint density at radius 2 is 1.54 bits per heavy atom. The molecule has 2 N–H and O–H groups in total. The Morgan fingerprint density at radius 1 is 1.00 bits per heavy atom. The predicted molar refractivity (Wildman–Crippen MR) is 45.0 cm³/mol. The molecular weight excluding hydrogens is 172 g/mol. The van der Waals surface area contributed by atoms with Crippen molar-refractivity contribution >= 4 is 0 Å². The summed E-state index contributed by atoms with van der Waals surface area (Å²) in [7, 11) is 0. The van der Waals surface area contributed by atoms with E-state index in [1.54, 1.807) is 0 Å². The summed E-state index contributed by atoms with van der Waals surface area (Å²) in [5.41, 5.74) is 0. The maximum Gasteiger partial charge on any atom is 0.163 e. The van der Waals surface area contributed by atoms with E-state index < -0.39 is 18.0 Å². The highest BCUT2D eigenvalue weighted by molar-refractivity contribution is 5.02. The van der Waals surface area contributed by atoms with Crippen molar-refractivity contribution in [1.82, 2.24) is 0 Å². The van der Waals surface area contributed by atoms with Gasteiger partial charge in [-0.15, -0.1) is 0 Å². The van der Waals surface area contributed by atoms with Crippen LogP contribution < -0.4 is 0 Å². The zero-order chi connectivity index (χ0) is 9.80. The molecular formula is C9H16O4. The fourth-order valence-electron chi connectivity index (χ4n) is 2.19. The fraction of sp³-hybridized carbons (Fsp3) is 1.00. The molecule has 0 aromatic rings. The topological polar surface area (TPSA) is 58.9 Å². The minimum Gasteiger partial charge on any atom is -0.390 e. The molecule has 0 radical (unpaired) electrons. The van der Waals surface area contributed by atoms with Crippen molar-refractivity contribution in [3.05, 3.63) is 0 Å². The molecule has 76 valence electrons. The van der Waals surface area contributed by atoms with Crippen LogP contribution in [0.15, 0.2) is 0 Å². The molecule has 0 amide bonds. The van der Waals surface area contributed by atoms with Gasteiger partial charge in [-0.2, -0.15) is 0 Å². The van der Waals surface area contributed by atoms with Gasteiger partial charge in [-0.3, -0.25) is 0 Å². The number of rotatable bonds is 0. The lowest BCUT2D eigenvalue weighted by molar-refractivity contribution is -0.179. The van der Waals surface area contributed by atoms with Crippen molar-refractivity contribution in [3.8, 4) is 0 Å². The molecule has 5 atom stereocenters. The van der Waals surface area contributed by atoms with Gasteiger partial charge in [-0.25, -0.2) is 0 Å². The van der Waals surface area contributed by atoms with Gasteiger partial charge in [0.2, 0.25) is 0 Å². The van der Waals surface area contributed by atoms with Gasteiger partial charge in [0, 0.05) is 5.92 Å². The van der Waals surface area contributed by atoms with Crippen LogP contribution in [0.5, 0.6) is 0 Å². The van der Waals surface area contributed by atoms with Crippen LogP contribution in [-0.4, -0.2) is 40.4 Å². The summed E-state index contributed by atoms with van der Waals surface area (Å²) in [6.07, 6.45) is -2.10. The van der Waals surface area contributed by atoms with Gasteiger partial charge in [-0.05, 0) is 13.8 Å². The molecule has 0 unspecified atom stereocenters. The van der Waals surface area contributed by atoms with E-state index in [1.165, 1.54) is 0 Å². The lowest BCUT2D eigenvalue weighted by atomic mass is 10.1. The zero-order valence-electron chi connectivity index (χ0n) is 8.10. The zero-order valence-corrected chi connectivity index (χ0v) is 8.10. The second kappa shape index (κ2) is 2.67. The highest BCUT2D eigenvalue weighted by atomic mass is 16.8. The van der Waals surface area contributed by atoms with Gasteiger partial charge < -0.3 is 19.7 Å². The van der Waals surface area contributed by atoms with Crippen molar-refractivity contribution in [3.63, 3.8) is 0 Å². The molecule has 1 heterocycles. The van der Waals surface area contributed by atoms with E-state index in [2.05, 4.69) is 0 Å². The average molecular weight is 188 g/mol. The third kappa shape index (κ3) is 1.29. The molecule has 0 aromatic heterocycles. The third-order valence-electron chi connectivity index (χ3n) is 2.91. The molecule has 2 fully saturated rings. The van der Waals surface area contributed by atoms with Crippen molar-refractivity contribution < 1.29 is 19.7 Å². The van der Waals surface area contributed by atoms with E-state index in [0.717, 1.165) is 0 Å². The van der Waals surface area contributed by atoms with E-state index in [9.17, 15) is 10.2 Å². The summed E-state index contributed by atoms with van der Waals surface area (Å²) in [4.78, 5) is 0. The minimum absolute atomic E-state index is 0.0678. The van der Waals surface area contributed by atoms with E-state index in [0.29, 0.717) is 0 Å². The maximum atomic E-state index is 9.62. The largest absolute Gasteiger partial charge is 0.390 e. The summed E-state index contributed by atoms with van der Waals surface area (Å²) >= 11 is 0. The van der Waals surface area contributed by atoms with Gasteiger partial charge in [0.1, 0.15) is 12.2 Å². The van der Waals surface area contributed by atoms with Crippen LogP contribution in [0, 0.1) is 5.92 Å². The Bertz CT molecular complexity index is 196. The fourth-order valence-corrected chi connectivity index (χ4v) is 2.19.